The predicted octanol–water partition coefficient (Wildman–Crippen LogP) is 4.16. The number of anilines is 1. The molecule has 29 heavy (non-hydrogen) atoms. The van der Waals surface area contributed by atoms with Crippen molar-refractivity contribution in [1.29, 1.82) is 0 Å². The monoisotopic (exact) mass is 454 g/mol. The molecule has 0 aliphatic carbocycles. The number of halogens is 1. The Balaban J connectivity index is 1.56. The summed E-state index contributed by atoms with van der Waals surface area (Å²) in [5.41, 5.74) is 4.16. The summed E-state index contributed by atoms with van der Waals surface area (Å²) >= 11 is 3.36. The first-order valence-corrected chi connectivity index (χ1v) is 10.1. The van der Waals surface area contributed by atoms with E-state index in [0.29, 0.717) is 11.3 Å². The molecule has 0 aliphatic rings. The van der Waals surface area contributed by atoms with Crippen LogP contribution in [0.15, 0.2) is 59.2 Å². The van der Waals surface area contributed by atoms with Crippen LogP contribution in [0.5, 0.6) is 0 Å². The van der Waals surface area contributed by atoms with Gasteiger partial charge in [0.25, 0.3) is 5.91 Å². The smallest absolute Gasteiger partial charge is 0.255 e. The molecule has 150 valence electrons. The van der Waals surface area contributed by atoms with Crippen LogP contribution in [-0.2, 0) is 18.3 Å². The molecule has 1 unspecified atom stereocenters. The first-order chi connectivity index (χ1) is 13.8. The van der Waals surface area contributed by atoms with Crippen LogP contribution in [-0.4, -0.2) is 21.6 Å². The van der Waals surface area contributed by atoms with Gasteiger partial charge >= 0.3 is 0 Å². The van der Waals surface area contributed by atoms with Gasteiger partial charge in [0.2, 0.25) is 5.91 Å². The lowest BCUT2D eigenvalue weighted by atomic mass is 10.1. The largest absolute Gasteiger partial charge is 0.349 e. The van der Waals surface area contributed by atoms with Crippen LogP contribution in [0, 0.1) is 6.92 Å². The summed E-state index contributed by atoms with van der Waals surface area (Å²) in [6, 6.07) is 14.4. The number of carbonyl (C=O) groups is 2. The quantitative estimate of drug-likeness (QED) is 0.586. The third-order valence-electron chi connectivity index (χ3n) is 4.78. The molecule has 0 aliphatic heterocycles. The molecule has 6 nitrogen and oxygen atoms in total. The van der Waals surface area contributed by atoms with Crippen LogP contribution >= 0.6 is 15.9 Å². The standard InChI is InChI=1S/C22H23BrN4O2/c1-14(20-13-24-27(3)15(20)2)25-21(28)11-16-7-9-19(10-8-16)26-22(29)17-5-4-6-18(23)12-17/h4-10,12-14H,11H2,1-3H3,(H,25,28)(H,26,29). The van der Waals surface area contributed by atoms with Crippen molar-refractivity contribution in [3.05, 3.63) is 81.6 Å². The van der Waals surface area contributed by atoms with E-state index in [1.165, 1.54) is 0 Å². The molecule has 2 amide bonds. The van der Waals surface area contributed by atoms with Gasteiger partial charge in [0.15, 0.2) is 0 Å². The van der Waals surface area contributed by atoms with Crippen molar-refractivity contribution in [2.24, 2.45) is 7.05 Å². The van der Waals surface area contributed by atoms with Crippen LogP contribution in [0.3, 0.4) is 0 Å². The van der Waals surface area contributed by atoms with Crippen molar-refractivity contribution in [1.82, 2.24) is 15.1 Å². The van der Waals surface area contributed by atoms with E-state index >= 15 is 0 Å². The zero-order valence-corrected chi connectivity index (χ0v) is 18.2. The van der Waals surface area contributed by atoms with Crippen molar-refractivity contribution in [3.8, 4) is 0 Å². The number of amides is 2. The molecular formula is C22H23BrN4O2. The normalized spacial score (nSPS) is 11.7. The Morgan fingerprint density at radius 3 is 2.52 bits per heavy atom. The zero-order valence-electron chi connectivity index (χ0n) is 16.6. The molecule has 0 radical (unpaired) electrons. The third-order valence-corrected chi connectivity index (χ3v) is 5.27. The first kappa shape index (κ1) is 20.8. The number of hydrogen-bond donors (Lipinski definition) is 2. The van der Waals surface area contributed by atoms with Crippen molar-refractivity contribution in [2.45, 2.75) is 26.3 Å². The average molecular weight is 455 g/mol. The molecule has 3 aromatic rings. The van der Waals surface area contributed by atoms with E-state index in [9.17, 15) is 9.59 Å². The van der Waals surface area contributed by atoms with Crippen LogP contribution in [0.2, 0.25) is 0 Å². The number of aromatic nitrogens is 2. The number of hydrogen-bond acceptors (Lipinski definition) is 3. The Morgan fingerprint density at radius 1 is 1.17 bits per heavy atom. The van der Waals surface area contributed by atoms with E-state index in [2.05, 4.69) is 31.7 Å². The molecule has 1 aromatic heterocycles. The molecule has 0 fully saturated rings. The number of benzene rings is 2. The molecule has 2 N–H and O–H groups in total. The minimum Gasteiger partial charge on any atom is -0.349 e. The molecule has 1 atom stereocenters. The summed E-state index contributed by atoms with van der Waals surface area (Å²) in [6.45, 7) is 3.93. The zero-order chi connectivity index (χ0) is 21.0. The summed E-state index contributed by atoms with van der Waals surface area (Å²) < 4.78 is 2.64. The molecule has 3 rings (SSSR count). The molecule has 0 bridgehead atoms. The lowest BCUT2D eigenvalue weighted by Crippen LogP contribution is -2.28. The first-order valence-electron chi connectivity index (χ1n) is 9.27. The minimum atomic E-state index is -0.183. The van der Waals surface area contributed by atoms with Gasteiger partial charge in [-0.05, 0) is 49.7 Å². The van der Waals surface area contributed by atoms with E-state index < -0.39 is 0 Å². The fraction of sp³-hybridized carbons (Fsp3) is 0.227. The molecular weight excluding hydrogens is 432 g/mol. The highest BCUT2D eigenvalue weighted by Gasteiger charge is 2.15. The Morgan fingerprint density at radius 2 is 1.90 bits per heavy atom. The van der Waals surface area contributed by atoms with E-state index in [4.69, 9.17) is 0 Å². The lowest BCUT2D eigenvalue weighted by molar-refractivity contribution is -0.121. The van der Waals surface area contributed by atoms with E-state index in [1.54, 1.807) is 35.1 Å². The fourth-order valence-corrected chi connectivity index (χ4v) is 3.43. The van der Waals surface area contributed by atoms with Gasteiger partial charge in [-0.1, -0.05) is 34.1 Å². The van der Waals surface area contributed by atoms with Crippen LogP contribution < -0.4 is 10.6 Å². The molecule has 0 saturated carbocycles. The maximum Gasteiger partial charge on any atom is 0.255 e. The number of nitrogens with zero attached hydrogens (tertiary/aromatic N) is 2. The Kier molecular flexibility index (Phi) is 6.49. The molecule has 1 heterocycles. The molecule has 0 saturated heterocycles. The summed E-state index contributed by atoms with van der Waals surface area (Å²) in [7, 11) is 1.88. The second-order valence-electron chi connectivity index (χ2n) is 6.94. The molecule has 2 aromatic carbocycles. The molecule has 0 spiro atoms. The van der Waals surface area contributed by atoms with Gasteiger partial charge in [-0.15, -0.1) is 0 Å². The maximum atomic E-state index is 12.4. The van der Waals surface area contributed by atoms with Gasteiger partial charge in [-0.25, -0.2) is 0 Å². The van der Waals surface area contributed by atoms with Crippen LogP contribution in [0.4, 0.5) is 5.69 Å². The highest BCUT2D eigenvalue weighted by Crippen LogP contribution is 2.17. The fourth-order valence-electron chi connectivity index (χ4n) is 3.04. The summed E-state index contributed by atoms with van der Waals surface area (Å²) in [6.07, 6.45) is 2.05. The second kappa shape index (κ2) is 9.05. The van der Waals surface area contributed by atoms with Crippen molar-refractivity contribution >= 4 is 33.4 Å². The SMILES string of the molecule is Cc1c(C(C)NC(=O)Cc2ccc(NC(=O)c3cccc(Br)c3)cc2)cnn1C. The minimum absolute atomic E-state index is 0.0633. The van der Waals surface area contributed by atoms with E-state index in [-0.39, 0.29) is 24.3 Å². The number of rotatable bonds is 6. The Bertz CT molecular complexity index is 1030. The number of aryl methyl sites for hydroxylation is 1. The predicted molar refractivity (Wildman–Crippen MR) is 117 cm³/mol. The van der Waals surface area contributed by atoms with Crippen molar-refractivity contribution in [3.63, 3.8) is 0 Å². The highest BCUT2D eigenvalue weighted by atomic mass is 79.9. The van der Waals surface area contributed by atoms with E-state index in [1.807, 2.05) is 45.2 Å². The topological polar surface area (TPSA) is 76.0 Å². The van der Waals surface area contributed by atoms with Gasteiger partial charge in [0.05, 0.1) is 18.7 Å². The second-order valence-corrected chi connectivity index (χ2v) is 7.85. The molecule has 7 heteroatoms. The average Bonchev–Trinajstić information content (AvgIpc) is 3.02. The highest BCUT2D eigenvalue weighted by molar-refractivity contribution is 9.10. The maximum absolute atomic E-state index is 12.4. The summed E-state index contributed by atoms with van der Waals surface area (Å²) in [5, 5.41) is 10.1. The lowest BCUT2D eigenvalue weighted by Gasteiger charge is -2.14. The van der Waals surface area contributed by atoms with Gasteiger partial charge in [-0.2, -0.15) is 5.10 Å². The third kappa shape index (κ3) is 5.32. The Labute approximate surface area is 178 Å². The number of nitrogens with one attached hydrogen (secondary N) is 2. The Hall–Kier alpha value is -2.93. The van der Waals surface area contributed by atoms with Gasteiger partial charge < -0.3 is 10.6 Å². The summed E-state index contributed by atoms with van der Waals surface area (Å²) in [4.78, 5) is 24.7. The van der Waals surface area contributed by atoms with Crippen LogP contribution in [0.1, 0.15) is 40.1 Å². The van der Waals surface area contributed by atoms with Gasteiger partial charge in [0, 0.05) is 34.0 Å². The van der Waals surface area contributed by atoms with Crippen LogP contribution in [0.25, 0.3) is 0 Å². The van der Waals surface area contributed by atoms with E-state index in [0.717, 1.165) is 21.3 Å². The van der Waals surface area contributed by atoms with Gasteiger partial charge in [0.1, 0.15) is 0 Å². The van der Waals surface area contributed by atoms with Crippen molar-refractivity contribution < 1.29 is 9.59 Å². The summed E-state index contributed by atoms with van der Waals surface area (Å²) in [5.74, 6) is -0.246. The van der Waals surface area contributed by atoms with Gasteiger partial charge in [-0.3, -0.25) is 14.3 Å². The van der Waals surface area contributed by atoms with Crippen molar-refractivity contribution in [2.75, 3.05) is 5.32 Å². The number of carbonyl (C=O) groups excluding carboxylic acids is 2.